The van der Waals surface area contributed by atoms with E-state index in [1.807, 2.05) is 29.7 Å². The summed E-state index contributed by atoms with van der Waals surface area (Å²) in [5.41, 5.74) is 2.38. The molecule has 0 aliphatic carbocycles. The maximum Gasteiger partial charge on any atom is 0.170 e. The van der Waals surface area contributed by atoms with E-state index in [9.17, 15) is 0 Å². The van der Waals surface area contributed by atoms with Crippen molar-refractivity contribution < 1.29 is 0 Å². The SMILES string of the molecule is Cc1ccsc1[C@@H]1[C@H](c2ccccn2)NC(=S)N1CC(C)C. The minimum Gasteiger partial charge on any atom is -0.352 e. The Morgan fingerprint density at radius 1 is 1.36 bits per heavy atom. The summed E-state index contributed by atoms with van der Waals surface area (Å²) >= 11 is 7.43. The van der Waals surface area contributed by atoms with Crippen molar-refractivity contribution in [3.8, 4) is 0 Å². The van der Waals surface area contributed by atoms with Crippen LogP contribution in [0.5, 0.6) is 0 Å². The predicted octanol–water partition coefficient (Wildman–Crippen LogP) is 4.08. The zero-order valence-corrected chi connectivity index (χ0v) is 14.7. The van der Waals surface area contributed by atoms with Crippen LogP contribution in [0.1, 0.15) is 42.1 Å². The quantitative estimate of drug-likeness (QED) is 0.855. The van der Waals surface area contributed by atoms with Gasteiger partial charge < -0.3 is 10.2 Å². The Bertz CT molecular complexity index is 651. The summed E-state index contributed by atoms with van der Waals surface area (Å²) < 4.78 is 0. The molecule has 0 unspecified atom stereocenters. The van der Waals surface area contributed by atoms with Gasteiger partial charge in [-0.1, -0.05) is 19.9 Å². The summed E-state index contributed by atoms with van der Waals surface area (Å²) in [5, 5.41) is 6.49. The second kappa shape index (κ2) is 6.34. The van der Waals surface area contributed by atoms with Gasteiger partial charge in [0.2, 0.25) is 0 Å². The van der Waals surface area contributed by atoms with E-state index in [0.717, 1.165) is 17.4 Å². The molecule has 116 valence electrons. The topological polar surface area (TPSA) is 28.2 Å². The van der Waals surface area contributed by atoms with Gasteiger partial charge in [0.05, 0.1) is 17.8 Å². The van der Waals surface area contributed by atoms with Gasteiger partial charge in [-0.3, -0.25) is 4.98 Å². The average molecular weight is 332 g/mol. The van der Waals surface area contributed by atoms with Crippen LogP contribution in [0.15, 0.2) is 35.8 Å². The molecular weight excluding hydrogens is 310 g/mol. The van der Waals surface area contributed by atoms with E-state index in [0.29, 0.717) is 5.92 Å². The molecule has 1 aliphatic rings. The molecule has 1 N–H and O–H groups in total. The lowest BCUT2D eigenvalue weighted by Gasteiger charge is -2.28. The molecule has 0 saturated carbocycles. The van der Waals surface area contributed by atoms with Crippen molar-refractivity contribution in [1.82, 2.24) is 15.2 Å². The van der Waals surface area contributed by atoms with E-state index in [-0.39, 0.29) is 12.1 Å². The van der Waals surface area contributed by atoms with Crippen molar-refractivity contribution in [2.24, 2.45) is 5.92 Å². The van der Waals surface area contributed by atoms with E-state index in [1.54, 1.807) is 0 Å². The molecule has 0 radical (unpaired) electrons. The van der Waals surface area contributed by atoms with Gasteiger partial charge in [-0.05, 0) is 54.2 Å². The van der Waals surface area contributed by atoms with Crippen molar-refractivity contribution in [2.75, 3.05) is 6.54 Å². The summed E-state index contributed by atoms with van der Waals surface area (Å²) in [7, 11) is 0. The van der Waals surface area contributed by atoms with Crippen LogP contribution in [0.4, 0.5) is 0 Å². The minimum absolute atomic E-state index is 0.116. The first-order valence-electron chi connectivity index (χ1n) is 7.60. The van der Waals surface area contributed by atoms with Gasteiger partial charge in [0.25, 0.3) is 0 Å². The number of nitrogens with zero attached hydrogens (tertiary/aromatic N) is 2. The number of nitrogens with one attached hydrogen (secondary N) is 1. The van der Waals surface area contributed by atoms with Crippen LogP contribution < -0.4 is 5.32 Å². The summed E-state index contributed by atoms with van der Waals surface area (Å²) in [6.07, 6.45) is 1.85. The molecular formula is C17H21N3S2. The van der Waals surface area contributed by atoms with Gasteiger partial charge in [-0.15, -0.1) is 11.3 Å². The normalized spacial score (nSPS) is 21.5. The fourth-order valence-electron chi connectivity index (χ4n) is 2.97. The Hall–Kier alpha value is -1.46. The molecule has 3 nitrogen and oxygen atoms in total. The summed E-state index contributed by atoms with van der Waals surface area (Å²) in [6.45, 7) is 7.59. The van der Waals surface area contributed by atoms with Crippen LogP contribution in [-0.2, 0) is 0 Å². The highest BCUT2D eigenvalue weighted by atomic mass is 32.1. The highest BCUT2D eigenvalue weighted by Gasteiger charge is 2.40. The third-order valence-electron chi connectivity index (χ3n) is 3.93. The van der Waals surface area contributed by atoms with Crippen LogP contribution in [-0.4, -0.2) is 21.5 Å². The number of pyridine rings is 1. The fourth-order valence-corrected chi connectivity index (χ4v) is 4.36. The predicted molar refractivity (Wildman–Crippen MR) is 96.1 cm³/mol. The highest BCUT2D eigenvalue weighted by molar-refractivity contribution is 7.80. The standard InChI is InChI=1S/C17H21N3S2/c1-11(2)10-20-15(16-12(3)7-9-22-16)14(19-17(20)21)13-6-4-5-8-18-13/h4-9,11,14-15H,10H2,1-3H3,(H,19,21)/t14-,15-/m0/s1. The summed E-state index contributed by atoms with van der Waals surface area (Å²) in [4.78, 5) is 8.26. The molecule has 0 amide bonds. The third kappa shape index (κ3) is 2.88. The number of hydrogen-bond donors (Lipinski definition) is 1. The zero-order chi connectivity index (χ0) is 15.7. The zero-order valence-electron chi connectivity index (χ0n) is 13.1. The number of aryl methyl sites for hydroxylation is 1. The lowest BCUT2D eigenvalue weighted by atomic mass is 10.0. The van der Waals surface area contributed by atoms with Gasteiger partial charge in [-0.25, -0.2) is 0 Å². The van der Waals surface area contributed by atoms with Crippen LogP contribution in [0, 0.1) is 12.8 Å². The largest absolute Gasteiger partial charge is 0.352 e. The lowest BCUT2D eigenvalue weighted by molar-refractivity contribution is 0.291. The van der Waals surface area contributed by atoms with Gasteiger partial charge in [-0.2, -0.15) is 0 Å². The van der Waals surface area contributed by atoms with Crippen molar-refractivity contribution in [3.63, 3.8) is 0 Å². The second-order valence-electron chi connectivity index (χ2n) is 6.14. The maximum atomic E-state index is 5.62. The molecule has 1 saturated heterocycles. The molecule has 3 heterocycles. The smallest absolute Gasteiger partial charge is 0.170 e. The number of rotatable bonds is 4. The Morgan fingerprint density at radius 3 is 2.77 bits per heavy atom. The summed E-state index contributed by atoms with van der Waals surface area (Å²) in [5.74, 6) is 0.560. The minimum atomic E-state index is 0.116. The highest BCUT2D eigenvalue weighted by Crippen LogP contribution is 2.42. The third-order valence-corrected chi connectivity index (χ3v) is 5.37. The Labute approximate surface area is 141 Å². The first-order valence-corrected chi connectivity index (χ1v) is 8.88. The first-order chi connectivity index (χ1) is 10.6. The molecule has 2 aromatic rings. The number of hydrogen-bond acceptors (Lipinski definition) is 3. The average Bonchev–Trinajstić information content (AvgIpc) is 3.04. The molecule has 3 rings (SSSR count). The molecule has 0 bridgehead atoms. The van der Waals surface area contributed by atoms with Crippen LogP contribution in [0.3, 0.4) is 0 Å². The van der Waals surface area contributed by atoms with E-state index in [2.05, 4.69) is 53.5 Å². The van der Waals surface area contributed by atoms with Crippen LogP contribution >= 0.6 is 23.6 Å². The lowest BCUT2D eigenvalue weighted by Crippen LogP contribution is -2.32. The van der Waals surface area contributed by atoms with Crippen molar-refractivity contribution in [1.29, 1.82) is 0 Å². The molecule has 1 aliphatic heterocycles. The van der Waals surface area contributed by atoms with Gasteiger partial charge in [0.15, 0.2) is 5.11 Å². The second-order valence-corrected chi connectivity index (χ2v) is 7.48. The number of thiocarbonyl (C=S) groups is 1. The molecule has 22 heavy (non-hydrogen) atoms. The van der Waals surface area contributed by atoms with Crippen LogP contribution in [0.2, 0.25) is 0 Å². The number of aromatic nitrogens is 1. The molecule has 2 atom stereocenters. The van der Waals surface area contributed by atoms with Crippen molar-refractivity contribution in [2.45, 2.75) is 32.9 Å². The Morgan fingerprint density at radius 2 is 2.18 bits per heavy atom. The van der Waals surface area contributed by atoms with Gasteiger partial charge in [0, 0.05) is 17.6 Å². The van der Waals surface area contributed by atoms with E-state index in [1.165, 1.54) is 10.4 Å². The maximum absolute atomic E-state index is 5.62. The van der Waals surface area contributed by atoms with Gasteiger partial charge in [0.1, 0.15) is 0 Å². The molecule has 0 spiro atoms. The monoisotopic (exact) mass is 331 g/mol. The first kappa shape index (κ1) is 15.4. The van der Waals surface area contributed by atoms with Crippen LogP contribution in [0.25, 0.3) is 0 Å². The fraction of sp³-hybridized carbons (Fsp3) is 0.412. The van der Waals surface area contributed by atoms with Gasteiger partial charge >= 0.3 is 0 Å². The Balaban J connectivity index is 2.02. The summed E-state index contributed by atoms with van der Waals surface area (Å²) in [6, 6.07) is 8.60. The molecule has 1 fully saturated rings. The number of thiophene rings is 1. The van der Waals surface area contributed by atoms with Crippen molar-refractivity contribution in [3.05, 3.63) is 52.0 Å². The molecule has 0 aromatic carbocycles. The molecule has 2 aromatic heterocycles. The van der Waals surface area contributed by atoms with E-state index < -0.39 is 0 Å². The van der Waals surface area contributed by atoms with E-state index >= 15 is 0 Å². The van der Waals surface area contributed by atoms with Crippen molar-refractivity contribution >= 4 is 28.7 Å². The Kier molecular flexibility index (Phi) is 4.45. The van der Waals surface area contributed by atoms with E-state index in [4.69, 9.17) is 12.2 Å². The molecule has 5 heteroatoms.